The van der Waals surface area contributed by atoms with Crippen molar-refractivity contribution in [3.63, 3.8) is 0 Å². The van der Waals surface area contributed by atoms with Crippen LogP contribution in [0, 0.1) is 6.92 Å². The molecule has 0 aliphatic carbocycles. The molecule has 0 unspecified atom stereocenters. The van der Waals surface area contributed by atoms with Crippen LogP contribution in [0.4, 0.5) is 0 Å². The van der Waals surface area contributed by atoms with Crippen LogP contribution in [-0.4, -0.2) is 10.3 Å². The largest absolute Gasteiger partial charge is 0.390 e. The highest BCUT2D eigenvalue weighted by atomic mass is 16.5. The molecule has 3 nitrogen and oxygen atoms in total. The Morgan fingerprint density at radius 2 is 2.62 bits per heavy atom. The monoisotopic (exact) mass is 113 g/mol. The van der Waals surface area contributed by atoms with Gasteiger partial charge in [-0.25, -0.2) is 0 Å². The SMILES string of the molecule is Cc1conc1CO. The molecule has 0 aliphatic rings. The summed E-state index contributed by atoms with van der Waals surface area (Å²) in [6, 6.07) is 0. The molecule has 0 aliphatic heterocycles. The van der Waals surface area contributed by atoms with Crippen LogP contribution >= 0.6 is 0 Å². The Morgan fingerprint density at radius 1 is 1.88 bits per heavy atom. The maximum absolute atomic E-state index is 8.48. The van der Waals surface area contributed by atoms with Crippen molar-refractivity contribution in [3.05, 3.63) is 17.5 Å². The van der Waals surface area contributed by atoms with Gasteiger partial charge < -0.3 is 9.63 Å². The van der Waals surface area contributed by atoms with E-state index in [1.807, 2.05) is 6.92 Å². The van der Waals surface area contributed by atoms with Crippen molar-refractivity contribution < 1.29 is 9.63 Å². The lowest BCUT2D eigenvalue weighted by Crippen LogP contribution is -1.83. The first-order valence-corrected chi connectivity index (χ1v) is 2.35. The van der Waals surface area contributed by atoms with Crippen molar-refractivity contribution >= 4 is 0 Å². The Kier molecular flexibility index (Phi) is 1.30. The van der Waals surface area contributed by atoms with Crippen LogP contribution in [0.5, 0.6) is 0 Å². The van der Waals surface area contributed by atoms with Crippen molar-refractivity contribution in [2.75, 3.05) is 0 Å². The van der Waals surface area contributed by atoms with E-state index >= 15 is 0 Å². The fraction of sp³-hybridized carbons (Fsp3) is 0.400. The first kappa shape index (κ1) is 5.31. The van der Waals surface area contributed by atoms with Crippen LogP contribution in [0.3, 0.4) is 0 Å². The highest BCUT2D eigenvalue weighted by molar-refractivity contribution is 5.09. The van der Waals surface area contributed by atoms with Crippen molar-refractivity contribution in [2.24, 2.45) is 0 Å². The quantitative estimate of drug-likeness (QED) is 0.576. The van der Waals surface area contributed by atoms with Gasteiger partial charge in [-0.2, -0.15) is 0 Å². The number of aryl methyl sites for hydroxylation is 1. The Balaban J connectivity index is 2.92. The summed E-state index contributed by atoms with van der Waals surface area (Å²) in [4.78, 5) is 0. The highest BCUT2D eigenvalue weighted by Gasteiger charge is 1.97. The van der Waals surface area contributed by atoms with Gasteiger partial charge in [-0.15, -0.1) is 0 Å². The topological polar surface area (TPSA) is 46.3 Å². The van der Waals surface area contributed by atoms with E-state index in [-0.39, 0.29) is 6.61 Å². The molecule has 0 saturated carbocycles. The van der Waals surface area contributed by atoms with Crippen LogP contribution in [0.25, 0.3) is 0 Å². The van der Waals surface area contributed by atoms with E-state index in [1.54, 1.807) is 0 Å². The third-order valence-corrected chi connectivity index (χ3v) is 0.997. The zero-order valence-corrected chi connectivity index (χ0v) is 4.59. The van der Waals surface area contributed by atoms with E-state index in [1.165, 1.54) is 6.26 Å². The van der Waals surface area contributed by atoms with Crippen molar-refractivity contribution in [1.82, 2.24) is 5.16 Å². The number of aliphatic hydroxyl groups excluding tert-OH is 1. The minimum Gasteiger partial charge on any atom is -0.390 e. The molecular formula is C5H7NO2. The van der Waals surface area contributed by atoms with Crippen molar-refractivity contribution in [2.45, 2.75) is 13.5 Å². The lowest BCUT2D eigenvalue weighted by atomic mass is 10.3. The molecule has 0 aromatic carbocycles. The molecule has 0 spiro atoms. The smallest absolute Gasteiger partial charge is 0.127 e. The molecule has 1 aromatic heterocycles. The Morgan fingerprint density at radius 3 is 2.88 bits per heavy atom. The molecular weight excluding hydrogens is 106 g/mol. The van der Waals surface area contributed by atoms with E-state index in [0.717, 1.165) is 5.56 Å². The zero-order chi connectivity index (χ0) is 5.98. The zero-order valence-electron chi connectivity index (χ0n) is 4.59. The Labute approximate surface area is 46.9 Å². The summed E-state index contributed by atoms with van der Waals surface area (Å²) < 4.78 is 4.53. The van der Waals surface area contributed by atoms with Gasteiger partial charge in [0.1, 0.15) is 12.0 Å². The molecule has 44 valence electrons. The van der Waals surface area contributed by atoms with Gasteiger partial charge in [0.25, 0.3) is 0 Å². The molecule has 1 aromatic rings. The average Bonchev–Trinajstić information content (AvgIpc) is 2.14. The molecule has 1 heterocycles. The predicted molar refractivity (Wildman–Crippen MR) is 27.2 cm³/mol. The third kappa shape index (κ3) is 0.721. The number of nitrogens with zero attached hydrogens (tertiary/aromatic N) is 1. The van der Waals surface area contributed by atoms with Crippen LogP contribution < -0.4 is 0 Å². The average molecular weight is 113 g/mol. The second-order valence-electron chi connectivity index (χ2n) is 1.60. The normalized spacial score (nSPS) is 9.75. The van der Waals surface area contributed by atoms with Gasteiger partial charge in [0.15, 0.2) is 0 Å². The second kappa shape index (κ2) is 1.96. The van der Waals surface area contributed by atoms with Gasteiger partial charge >= 0.3 is 0 Å². The lowest BCUT2D eigenvalue weighted by Gasteiger charge is -1.82. The van der Waals surface area contributed by atoms with E-state index in [2.05, 4.69) is 9.68 Å². The molecule has 0 atom stereocenters. The number of aromatic nitrogens is 1. The molecule has 0 bridgehead atoms. The van der Waals surface area contributed by atoms with Gasteiger partial charge in [0.2, 0.25) is 0 Å². The van der Waals surface area contributed by atoms with Crippen LogP contribution in [-0.2, 0) is 6.61 Å². The number of rotatable bonds is 1. The Hall–Kier alpha value is -0.830. The molecule has 1 N–H and O–H groups in total. The second-order valence-corrected chi connectivity index (χ2v) is 1.60. The minimum absolute atomic E-state index is 0.0394. The summed E-state index contributed by atoms with van der Waals surface area (Å²) in [5.74, 6) is 0. The first-order valence-electron chi connectivity index (χ1n) is 2.35. The van der Waals surface area contributed by atoms with Crippen LogP contribution in [0.1, 0.15) is 11.3 Å². The number of aliphatic hydroxyl groups is 1. The fourth-order valence-electron chi connectivity index (χ4n) is 0.463. The highest BCUT2D eigenvalue weighted by Crippen LogP contribution is 2.02. The summed E-state index contributed by atoms with van der Waals surface area (Å²) >= 11 is 0. The van der Waals surface area contributed by atoms with Crippen LogP contribution in [0.2, 0.25) is 0 Å². The maximum Gasteiger partial charge on any atom is 0.127 e. The van der Waals surface area contributed by atoms with Gasteiger partial charge in [-0.1, -0.05) is 5.16 Å². The summed E-state index contributed by atoms with van der Waals surface area (Å²) in [6.45, 7) is 1.80. The number of hydrogen-bond acceptors (Lipinski definition) is 3. The molecule has 8 heavy (non-hydrogen) atoms. The predicted octanol–water partition coefficient (Wildman–Crippen LogP) is 0.475. The fourth-order valence-corrected chi connectivity index (χ4v) is 0.463. The molecule has 1 rings (SSSR count). The third-order valence-electron chi connectivity index (χ3n) is 0.997. The van der Waals surface area contributed by atoms with E-state index in [4.69, 9.17) is 5.11 Å². The molecule has 3 heteroatoms. The Bertz CT molecular complexity index is 171. The van der Waals surface area contributed by atoms with E-state index < -0.39 is 0 Å². The minimum atomic E-state index is -0.0394. The van der Waals surface area contributed by atoms with Gasteiger partial charge in [0, 0.05) is 5.56 Å². The molecule has 0 saturated heterocycles. The van der Waals surface area contributed by atoms with E-state index in [0.29, 0.717) is 5.69 Å². The van der Waals surface area contributed by atoms with Crippen LogP contribution in [0.15, 0.2) is 10.8 Å². The van der Waals surface area contributed by atoms with E-state index in [9.17, 15) is 0 Å². The lowest BCUT2D eigenvalue weighted by molar-refractivity contribution is 0.266. The van der Waals surface area contributed by atoms with Crippen molar-refractivity contribution in [3.8, 4) is 0 Å². The molecule has 0 amide bonds. The standard InChI is InChI=1S/C5H7NO2/c1-4-3-8-6-5(4)2-7/h3,7H,2H2,1H3. The first-order chi connectivity index (χ1) is 3.84. The van der Waals surface area contributed by atoms with Gasteiger partial charge in [0.05, 0.1) is 6.61 Å². The van der Waals surface area contributed by atoms with Gasteiger partial charge in [-0.05, 0) is 6.92 Å². The molecule has 0 radical (unpaired) electrons. The molecule has 0 fully saturated rings. The maximum atomic E-state index is 8.48. The summed E-state index contributed by atoms with van der Waals surface area (Å²) in [7, 11) is 0. The van der Waals surface area contributed by atoms with Crippen molar-refractivity contribution in [1.29, 1.82) is 0 Å². The summed E-state index contributed by atoms with van der Waals surface area (Å²) in [6.07, 6.45) is 1.51. The number of hydrogen-bond donors (Lipinski definition) is 1. The summed E-state index contributed by atoms with van der Waals surface area (Å²) in [5, 5.41) is 12.0. The van der Waals surface area contributed by atoms with Gasteiger partial charge in [-0.3, -0.25) is 0 Å². The summed E-state index contributed by atoms with van der Waals surface area (Å²) in [5.41, 5.74) is 1.51.